The molecule has 17 heavy (non-hydrogen) atoms. The average Bonchev–Trinajstić information content (AvgIpc) is 2.34. The van der Waals surface area contributed by atoms with Crippen molar-refractivity contribution in [1.29, 1.82) is 0 Å². The van der Waals surface area contributed by atoms with Gasteiger partial charge in [0, 0.05) is 6.54 Å². The van der Waals surface area contributed by atoms with Crippen molar-refractivity contribution in [2.75, 3.05) is 33.2 Å². The predicted molar refractivity (Wildman–Crippen MR) is 73.2 cm³/mol. The molecule has 0 rings (SSSR count). The molecule has 0 aliphatic heterocycles. The molecule has 0 spiro atoms. The first-order chi connectivity index (χ1) is 8.31. The Morgan fingerprint density at radius 3 is 2.12 bits per heavy atom. The lowest BCUT2D eigenvalue weighted by Gasteiger charge is -2.05. The van der Waals surface area contributed by atoms with Gasteiger partial charge in [0.25, 0.3) is 0 Å². The van der Waals surface area contributed by atoms with E-state index >= 15 is 0 Å². The van der Waals surface area contributed by atoms with Gasteiger partial charge in [-0.1, -0.05) is 32.6 Å². The quantitative estimate of drug-likeness (QED) is 0.453. The normalized spacial score (nSPS) is 10.5. The number of nitrogens with one attached hydrogen (secondary N) is 3. The van der Waals surface area contributed by atoms with Crippen LogP contribution in [0.3, 0.4) is 0 Å². The molecule has 3 N–H and O–H groups in total. The van der Waals surface area contributed by atoms with Crippen LogP contribution in [0.15, 0.2) is 0 Å². The molecule has 4 heteroatoms. The summed E-state index contributed by atoms with van der Waals surface area (Å²) in [4.78, 5) is 11.2. The van der Waals surface area contributed by atoms with Crippen LogP contribution in [0, 0.1) is 0 Å². The maximum atomic E-state index is 11.2. The second-order valence-corrected chi connectivity index (χ2v) is 4.36. The zero-order chi connectivity index (χ0) is 12.8. The van der Waals surface area contributed by atoms with Gasteiger partial charge in [0.2, 0.25) is 5.91 Å². The fourth-order valence-electron chi connectivity index (χ4n) is 1.66. The van der Waals surface area contributed by atoms with E-state index in [1.165, 1.54) is 32.1 Å². The molecule has 0 radical (unpaired) electrons. The average molecular weight is 243 g/mol. The van der Waals surface area contributed by atoms with E-state index in [1.54, 1.807) is 0 Å². The lowest BCUT2D eigenvalue weighted by Crippen LogP contribution is -2.34. The van der Waals surface area contributed by atoms with Gasteiger partial charge in [-0.15, -0.1) is 0 Å². The highest BCUT2D eigenvalue weighted by Gasteiger charge is 1.97. The van der Waals surface area contributed by atoms with Crippen LogP contribution in [0.5, 0.6) is 0 Å². The van der Waals surface area contributed by atoms with Crippen molar-refractivity contribution in [3.63, 3.8) is 0 Å². The minimum atomic E-state index is 0.112. The Labute approximate surface area is 106 Å². The Morgan fingerprint density at radius 2 is 1.53 bits per heavy atom. The Morgan fingerprint density at radius 1 is 0.941 bits per heavy atom. The van der Waals surface area contributed by atoms with Crippen LogP contribution in [-0.4, -0.2) is 39.1 Å². The summed E-state index contributed by atoms with van der Waals surface area (Å²) in [6.07, 6.45) is 7.51. The molecule has 4 nitrogen and oxygen atoms in total. The molecular weight excluding hydrogens is 214 g/mol. The van der Waals surface area contributed by atoms with E-state index in [0.29, 0.717) is 6.54 Å². The third-order valence-corrected chi connectivity index (χ3v) is 2.71. The Hall–Kier alpha value is -0.610. The van der Waals surface area contributed by atoms with Crippen molar-refractivity contribution >= 4 is 5.91 Å². The van der Waals surface area contributed by atoms with E-state index in [-0.39, 0.29) is 5.91 Å². The lowest BCUT2D eigenvalue weighted by molar-refractivity contribution is -0.120. The van der Waals surface area contributed by atoms with Gasteiger partial charge in [0.05, 0.1) is 6.54 Å². The number of likely N-dealkylation sites (N-methyl/N-ethyl adjacent to an activating group) is 1. The molecule has 102 valence electrons. The summed E-state index contributed by atoms with van der Waals surface area (Å²) in [6, 6.07) is 0. The first kappa shape index (κ1) is 16.4. The molecule has 0 atom stereocenters. The summed E-state index contributed by atoms with van der Waals surface area (Å²) in [5.74, 6) is 0.112. The highest BCUT2D eigenvalue weighted by Crippen LogP contribution is 2.04. The van der Waals surface area contributed by atoms with E-state index in [4.69, 9.17) is 0 Å². The Balaban J connectivity index is 3.05. The maximum absolute atomic E-state index is 11.2. The van der Waals surface area contributed by atoms with Crippen LogP contribution in [0.2, 0.25) is 0 Å². The fraction of sp³-hybridized carbons (Fsp3) is 0.923. The predicted octanol–water partition coefficient (Wildman–Crippen LogP) is 1.27. The van der Waals surface area contributed by atoms with Crippen molar-refractivity contribution in [3.05, 3.63) is 0 Å². The third kappa shape index (κ3) is 13.3. The van der Waals surface area contributed by atoms with Crippen LogP contribution in [-0.2, 0) is 4.79 Å². The van der Waals surface area contributed by atoms with Crippen LogP contribution < -0.4 is 16.0 Å². The van der Waals surface area contributed by atoms with E-state index in [2.05, 4.69) is 16.0 Å². The summed E-state index contributed by atoms with van der Waals surface area (Å²) < 4.78 is 0. The summed E-state index contributed by atoms with van der Waals surface area (Å²) in [5, 5.41) is 9.08. The second kappa shape index (κ2) is 13.5. The number of carbonyl (C=O) groups excluding carboxylic acids is 1. The second-order valence-electron chi connectivity index (χ2n) is 4.36. The smallest absolute Gasteiger partial charge is 0.233 e. The molecule has 0 aromatic rings. The van der Waals surface area contributed by atoms with Crippen molar-refractivity contribution in [1.82, 2.24) is 16.0 Å². The van der Waals surface area contributed by atoms with Gasteiger partial charge in [0.15, 0.2) is 0 Å². The van der Waals surface area contributed by atoms with E-state index in [9.17, 15) is 4.79 Å². The molecule has 0 aliphatic rings. The van der Waals surface area contributed by atoms with Gasteiger partial charge in [-0.3, -0.25) is 4.79 Å². The summed E-state index contributed by atoms with van der Waals surface area (Å²) >= 11 is 0. The van der Waals surface area contributed by atoms with Crippen molar-refractivity contribution in [2.45, 2.75) is 45.4 Å². The third-order valence-electron chi connectivity index (χ3n) is 2.71. The maximum Gasteiger partial charge on any atom is 0.233 e. The number of unbranched alkanes of at least 4 members (excludes halogenated alkanes) is 5. The highest BCUT2D eigenvalue weighted by atomic mass is 16.1. The Kier molecular flexibility index (Phi) is 13.0. The fourth-order valence-corrected chi connectivity index (χ4v) is 1.66. The van der Waals surface area contributed by atoms with Gasteiger partial charge < -0.3 is 16.0 Å². The lowest BCUT2D eigenvalue weighted by atomic mass is 10.1. The molecule has 0 unspecified atom stereocenters. The van der Waals surface area contributed by atoms with Crippen molar-refractivity contribution in [3.8, 4) is 0 Å². The van der Waals surface area contributed by atoms with Crippen LogP contribution in [0.25, 0.3) is 0 Å². The van der Waals surface area contributed by atoms with Crippen LogP contribution >= 0.6 is 0 Å². The molecule has 0 saturated carbocycles. The van der Waals surface area contributed by atoms with Crippen molar-refractivity contribution in [2.24, 2.45) is 0 Å². The summed E-state index contributed by atoms with van der Waals surface area (Å²) in [6.45, 7) is 5.24. The van der Waals surface area contributed by atoms with E-state index in [0.717, 1.165) is 26.1 Å². The molecular formula is C13H29N3O. The molecule has 0 aromatic heterocycles. The molecule has 1 amide bonds. The van der Waals surface area contributed by atoms with Crippen LogP contribution in [0.1, 0.15) is 45.4 Å². The van der Waals surface area contributed by atoms with Crippen molar-refractivity contribution < 1.29 is 4.79 Å². The number of rotatable bonds is 12. The van der Waals surface area contributed by atoms with E-state index < -0.39 is 0 Å². The first-order valence-corrected chi connectivity index (χ1v) is 6.93. The van der Waals surface area contributed by atoms with Gasteiger partial charge in [-0.2, -0.15) is 0 Å². The number of hydrogen-bond donors (Lipinski definition) is 3. The Bertz CT molecular complexity index is 174. The SMILES string of the molecule is CCNCC(=O)NCCCCCCCCNC. The molecule has 0 saturated heterocycles. The molecule has 0 fully saturated rings. The largest absolute Gasteiger partial charge is 0.355 e. The zero-order valence-electron chi connectivity index (χ0n) is 11.5. The highest BCUT2D eigenvalue weighted by molar-refractivity contribution is 5.77. The number of hydrogen-bond acceptors (Lipinski definition) is 3. The van der Waals surface area contributed by atoms with Gasteiger partial charge in [-0.25, -0.2) is 0 Å². The number of amides is 1. The monoisotopic (exact) mass is 243 g/mol. The van der Waals surface area contributed by atoms with Crippen LogP contribution in [0.4, 0.5) is 0 Å². The topological polar surface area (TPSA) is 53.2 Å². The summed E-state index contributed by atoms with van der Waals surface area (Å²) in [7, 11) is 2.00. The standard InChI is InChI=1S/C13H29N3O/c1-3-15-12-13(17)16-11-9-7-5-4-6-8-10-14-2/h14-15H,3-12H2,1-2H3,(H,16,17). The minimum Gasteiger partial charge on any atom is -0.355 e. The molecule has 0 aromatic carbocycles. The van der Waals surface area contributed by atoms with Gasteiger partial charge >= 0.3 is 0 Å². The van der Waals surface area contributed by atoms with Gasteiger partial charge in [0.1, 0.15) is 0 Å². The molecule has 0 aliphatic carbocycles. The first-order valence-electron chi connectivity index (χ1n) is 6.93. The molecule has 0 heterocycles. The van der Waals surface area contributed by atoms with E-state index in [1.807, 2.05) is 14.0 Å². The molecule has 0 bridgehead atoms. The zero-order valence-corrected chi connectivity index (χ0v) is 11.5. The number of carbonyl (C=O) groups is 1. The van der Waals surface area contributed by atoms with Gasteiger partial charge in [-0.05, 0) is 33.0 Å². The summed E-state index contributed by atoms with van der Waals surface area (Å²) in [5.41, 5.74) is 0. The minimum absolute atomic E-state index is 0.112.